The Morgan fingerprint density at radius 1 is 1.42 bits per heavy atom. The van der Waals surface area contributed by atoms with Crippen LogP contribution in [-0.4, -0.2) is 18.5 Å². The van der Waals surface area contributed by atoms with Gasteiger partial charge < -0.3 is 4.90 Å². The molecule has 12 heavy (non-hydrogen) atoms. The highest BCUT2D eigenvalue weighted by atomic mass is 32.1. The van der Waals surface area contributed by atoms with E-state index >= 15 is 0 Å². The Morgan fingerprint density at radius 3 is 3.25 bits per heavy atom. The normalized spacial score (nSPS) is 19.8. The van der Waals surface area contributed by atoms with Crippen molar-refractivity contribution in [2.45, 2.75) is 25.8 Å². The van der Waals surface area contributed by atoms with E-state index in [9.17, 15) is 0 Å². The molecule has 0 amide bonds. The van der Waals surface area contributed by atoms with Crippen LogP contribution in [0.25, 0.3) is 0 Å². The quantitative estimate of drug-likeness (QED) is 0.594. The van der Waals surface area contributed by atoms with Crippen molar-refractivity contribution in [1.82, 2.24) is 4.90 Å². The van der Waals surface area contributed by atoms with Crippen LogP contribution in [0.15, 0.2) is 11.4 Å². The maximum atomic E-state index is 2.43. The van der Waals surface area contributed by atoms with Gasteiger partial charge in [-0.2, -0.15) is 0 Å². The molecule has 1 aromatic heterocycles. The number of aryl methyl sites for hydroxylation is 1. The highest BCUT2D eigenvalue weighted by molar-refractivity contribution is 7.10. The lowest BCUT2D eigenvalue weighted by Crippen LogP contribution is -2.20. The molecule has 1 aromatic rings. The van der Waals surface area contributed by atoms with E-state index in [1.807, 2.05) is 11.3 Å². The fourth-order valence-corrected chi connectivity index (χ4v) is 2.76. The second kappa shape index (κ2) is 3.58. The number of nitrogens with zero attached hydrogens (tertiary/aromatic N) is 1. The van der Waals surface area contributed by atoms with Gasteiger partial charge in [-0.15, -0.1) is 11.3 Å². The van der Waals surface area contributed by atoms with E-state index in [2.05, 4.69) is 23.4 Å². The zero-order valence-electron chi connectivity index (χ0n) is 7.55. The molecule has 1 aliphatic rings. The van der Waals surface area contributed by atoms with E-state index in [-0.39, 0.29) is 0 Å². The lowest BCUT2D eigenvalue weighted by molar-refractivity contribution is 0.314. The highest BCUT2D eigenvalue weighted by Crippen LogP contribution is 2.22. The monoisotopic (exact) mass is 181 g/mol. The zero-order valence-corrected chi connectivity index (χ0v) is 8.36. The molecule has 0 saturated carbocycles. The van der Waals surface area contributed by atoms with Crippen LogP contribution >= 0.6 is 11.3 Å². The summed E-state index contributed by atoms with van der Waals surface area (Å²) in [4.78, 5) is 4.01. The van der Waals surface area contributed by atoms with Crippen LogP contribution in [0.1, 0.15) is 23.3 Å². The summed E-state index contributed by atoms with van der Waals surface area (Å²) in [6.07, 6.45) is 4.01. The number of rotatable bonds is 0. The third-order valence-corrected chi connectivity index (χ3v) is 3.44. The molecule has 0 aliphatic carbocycles. The highest BCUT2D eigenvalue weighted by Gasteiger charge is 2.10. The molecule has 0 unspecified atom stereocenters. The van der Waals surface area contributed by atoms with Gasteiger partial charge in [-0.25, -0.2) is 0 Å². The third kappa shape index (κ3) is 1.70. The summed E-state index contributed by atoms with van der Waals surface area (Å²) < 4.78 is 0. The van der Waals surface area contributed by atoms with Crippen molar-refractivity contribution in [2.75, 3.05) is 13.6 Å². The van der Waals surface area contributed by atoms with E-state index in [1.165, 1.54) is 25.8 Å². The first-order valence-electron chi connectivity index (χ1n) is 4.60. The predicted octanol–water partition coefficient (Wildman–Crippen LogP) is 2.52. The van der Waals surface area contributed by atoms with Crippen LogP contribution in [-0.2, 0) is 13.0 Å². The van der Waals surface area contributed by atoms with Crippen molar-refractivity contribution < 1.29 is 0 Å². The van der Waals surface area contributed by atoms with Crippen molar-refractivity contribution in [1.29, 1.82) is 0 Å². The van der Waals surface area contributed by atoms with Crippen molar-refractivity contribution in [3.05, 3.63) is 21.9 Å². The van der Waals surface area contributed by atoms with Gasteiger partial charge >= 0.3 is 0 Å². The first-order chi connectivity index (χ1) is 5.86. The Labute approximate surface area is 78.0 Å². The largest absolute Gasteiger partial charge is 0.301 e. The van der Waals surface area contributed by atoms with Crippen LogP contribution < -0.4 is 0 Å². The van der Waals surface area contributed by atoms with Gasteiger partial charge in [0.2, 0.25) is 0 Å². The van der Waals surface area contributed by atoms with Crippen LogP contribution in [0.2, 0.25) is 0 Å². The van der Waals surface area contributed by atoms with Crippen molar-refractivity contribution >= 4 is 11.3 Å². The third-order valence-electron chi connectivity index (χ3n) is 2.49. The van der Waals surface area contributed by atoms with Gasteiger partial charge in [0.25, 0.3) is 0 Å². The maximum Gasteiger partial charge on any atom is 0.0327 e. The molecule has 2 heteroatoms. The van der Waals surface area contributed by atoms with Crippen molar-refractivity contribution in [3.63, 3.8) is 0 Å². The Balaban J connectivity index is 2.19. The fraction of sp³-hybridized carbons (Fsp3) is 0.600. The maximum absolute atomic E-state index is 2.43. The molecule has 2 heterocycles. The predicted molar refractivity (Wildman–Crippen MR) is 53.6 cm³/mol. The van der Waals surface area contributed by atoms with Gasteiger partial charge in [0.05, 0.1) is 0 Å². The minimum absolute atomic E-state index is 1.16. The van der Waals surface area contributed by atoms with Gasteiger partial charge in [-0.1, -0.05) is 0 Å². The Morgan fingerprint density at radius 2 is 2.33 bits per heavy atom. The number of thiophene rings is 1. The standard InChI is InChI=1S/C10H15NS/c1-11-6-3-2-4-9-5-7-12-10(9)8-11/h5,7H,2-4,6,8H2,1H3. The summed E-state index contributed by atoms with van der Waals surface area (Å²) in [7, 11) is 2.22. The summed E-state index contributed by atoms with van der Waals surface area (Å²) in [5.74, 6) is 0. The lowest BCUT2D eigenvalue weighted by Gasteiger charge is -2.19. The van der Waals surface area contributed by atoms with E-state index in [0.29, 0.717) is 0 Å². The lowest BCUT2D eigenvalue weighted by atomic mass is 10.1. The molecule has 0 N–H and O–H groups in total. The number of hydrogen-bond acceptors (Lipinski definition) is 2. The Bertz CT molecular complexity index is 254. The molecule has 66 valence electrons. The first kappa shape index (κ1) is 8.27. The van der Waals surface area contributed by atoms with Gasteiger partial charge in [0, 0.05) is 11.4 Å². The van der Waals surface area contributed by atoms with E-state index < -0.39 is 0 Å². The summed E-state index contributed by atoms with van der Waals surface area (Å²) in [6.45, 7) is 2.42. The van der Waals surface area contributed by atoms with Crippen molar-refractivity contribution in [2.24, 2.45) is 0 Å². The molecule has 0 atom stereocenters. The van der Waals surface area contributed by atoms with Gasteiger partial charge in [-0.3, -0.25) is 0 Å². The molecule has 0 aromatic carbocycles. The van der Waals surface area contributed by atoms with Gasteiger partial charge in [0.1, 0.15) is 0 Å². The van der Waals surface area contributed by atoms with Gasteiger partial charge in [0.15, 0.2) is 0 Å². The first-order valence-corrected chi connectivity index (χ1v) is 5.48. The average molecular weight is 181 g/mol. The summed E-state index contributed by atoms with van der Waals surface area (Å²) in [6, 6.07) is 2.29. The fourth-order valence-electron chi connectivity index (χ4n) is 1.75. The molecule has 0 saturated heterocycles. The molecule has 0 spiro atoms. The molecule has 0 fully saturated rings. The van der Waals surface area contributed by atoms with Crippen LogP contribution in [0, 0.1) is 0 Å². The molecule has 1 nitrogen and oxygen atoms in total. The SMILES string of the molecule is CN1CCCCc2ccsc2C1. The molecule has 2 rings (SSSR count). The Kier molecular flexibility index (Phi) is 2.47. The van der Waals surface area contributed by atoms with E-state index in [4.69, 9.17) is 0 Å². The van der Waals surface area contributed by atoms with Crippen LogP contribution in [0.5, 0.6) is 0 Å². The average Bonchev–Trinajstić information content (AvgIpc) is 2.42. The minimum Gasteiger partial charge on any atom is -0.301 e. The zero-order chi connectivity index (χ0) is 8.39. The minimum atomic E-state index is 1.16. The topological polar surface area (TPSA) is 3.24 Å². The van der Waals surface area contributed by atoms with E-state index in [0.717, 1.165) is 6.54 Å². The molecule has 1 aliphatic heterocycles. The molecular formula is C10H15NS. The number of fused-ring (bicyclic) bond motifs is 1. The van der Waals surface area contributed by atoms with Crippen LogP contribution in [0.3, 0.4) is 0 Å². The smallest absolute Gasteiger partial charge is 0.0327 e. The summed E-state index contributed by atoms with van der Waals surface area (Å²) >= 11 is 1.91. The van der Waals surface area contributed by atoms with Crippen molar-refractivity contribution in [3.8, 4) is 0 Å². The second-order valence-corrected chi connectivity index (χ2v) is 4.56. The Hall–Kier alpha value is -0.340. The van der Waals surface area contributed by atoms with Crippen LogP contribution in [0.4, 0.5) is 0 Å². The second-order valence-electron chi connectivity index (χ2n) is 3.56. The molecule has 0 bridgehead atoms. The van der Waals surface area contributed by atoms with Gasteiger partial charge in [-0.05, 0) is 49.9 Å². The molecule has 0 radical (unpaired) electrons. The van der Waals surface area contributed by atoms with E-state index in [1.54, 1.807) is 10.4 Å². The number of hydrogen-bond donors (Lipinski definition) is 0. The molecular weight excluding hydrogens is 166 g/mol. The summed E-state index contributed by atoms with van der Waals surface area (Å²) in [5, 5.41) is 2.23. The summed E-state index contributed by atoms with van der Waals surface area (Å²) in [5.41, 5.74) is 1.59.